The molecule has 7 heteroatoms. The summed E-state index contributed by atoms with van der Waals surface area (Å²) >= 11 is 0. The van der Waals surface area contributed by atoms with Gasteiger partial charge in [-0.3, -0.25) is 10.1 Å². The number of aryl methyl sites for hydroxylation is 1. The van der Waals surface area contributed by atoms with Gasteiger partial charge in [-0.15, -0.1) is 0 Å². The lowest BCUT2D eigenvalue weighted by atomic mass is 10.2. The van der Waals surface area contributed by atoms with Crippen LogP contribution in [0.4, 0.5) is 15.8 Å². The topological polar surface area (TPSA) is 73.0 Å². The maximum atomic E-state index is 13.5. The number of rotatable bonds is 4. The smallest absolute Gasteiger partial charge is 0.271 e. The van der Waals surface area contributed by atoms with Crippen LogP contribution in [-0.4, -0.2) is 14.5 Å². The first kappa shape index (κ1) is 12.0. The Morgan fingerprint density at radius 1 is 1.56 bits per heavy atom. The SMILES string of the molecule is Cn1cncc1CNc1cc([N+](=O)[O-])ccc1F. The molecule has 0 saturated heterocycles. The minimum atomic E-state index is -0.561. The molecule has 0 aliphatic heterocycles. The number of nitro benzene ring substituents is 1. The zero-order valence-electron chi connectivity index (χ0n) is 9.63. The number of nitro groups is 1. The van der Waals surface area contributed by atoms with E-state index in [1.165, 1.54) is 6.07 Å². The normalized spacial score (nSPS) is 10.3. The summed E-state index contributed by atoms with van der Waals surface area (Å²) in [5, 5.41) is 13.4. The Hall–Kier alpha value is -2.44. The summed E-state index contributed by atoms with van der Waals surface area (Å²) in [6, 6.07) is 3.37. The molecule has 0 bridgehead atoms. The summed E-state index contributed by atoms with van der Waals surface area (Å²) in [5.41, 5.74) is 0.801. The molecule has 0 fully saturated rings. The predicted molar refractivity (Wildman–Crippen MR) is 63.6 cm³/mol. The van der Waals surface area contributed by atoms with Crippen LogP contribution in [-0.2, 0) is 13.6 Å². The number of nitrogens with one attached hydrogen (secondary N) is 1. The van der Waals surface area contributed by atoms with Gasteiger partial charge >= 0.3 is 0 Å². The molecule has 1 N–H and O–H groups in total. The van der Waals surface area contributed by atoms with Crippen molar-refractivity contribution in [2.24, 2.45) is 7.05 Å². The average Bonchev–Trinajstić information content (AvgIpc) is 2.73. The first-order valence-electron chi connectivity index (χ1n) is 5.21. The first-order chi connectivity index (χ1) is 8.58. The molecule has 1 aromatic carbocycles. The fourth-order valence-electron chi connectivity index (χ4n) is 1.50. The second kappa shape index (κ2) is 4.82. The molecule has 0 atom stereocenters. The van der Waals surface area contributed by atoms with Crippen LogP contribution in [0.1, 0.15) is 5.69 Å². The van der Waals surface area contributed by atoms with Gasteiger partial charge in [-0.05, 0) is 6.07 Å². The largest absolute Gasteiger partial charge is 0.377 e. The number of aromatic nitrogens is 2. The van der Waals surface area contributed by atoms with E-state index < -0.39 is 10.7 Å². The van der Waals surface area contributed by atoms with Gasteiger partial charge in [0.15, 0.2) is 0 Å². The van der Waals surface area contributed by atoms with Crippen LogP contribution in [0.15, 0.2) is 30.7 Å². The highest BCUT2D eigenvalue weighted by atomic mass is 19.1. The maximum absolute atomic E-state index is 13.5. The number of nitrogens with zero attached hydrogens (tertiary/aromatic N) is 3. The summed E-state index contributed by atoms with van der Waals surface area (Å²) in [6.45, 7) is 0.342. The molecule has 0 spiro atoms. The standard InChI is InChI=1S/C11H11FN4O2/c1-15-7-13-5-9(15)6-14-11-4-8(16(17)18)2-3-10(11)12/h2-5,7,14H,6H2,1H3. The summed E-state index contributed by atoms with van der Waals surface area (Å²) in [5.74, 6) is -0.525. The Morgan fingerprint density at radius 3 is 2.94 bits per heavy atom. The number of halogens is 1. The van der Waals surface area contributed by atoms with Crippen molar-refractivity contribution in [3.63, 3.8) is 0 Å². The third-order valence-electron chi connectivity index (χ3n) is 2.54. The molecular formula is C11H11FN4O2. The van der Waals surface area contributed by atoms with E-state index in [1.54, 1.807) is 17.1 Å². The van der Waals surface area contributed by atoms with E-state index in [0.29, 0.717) is 6.54 Å². The molecule has 0 radical (unpaired) electrons. The summed E-state index contributed by atoms with van der Waals surface area (Å²) in [4.78, 5) is 14.0. The predicted octanol–water partition coefficient (Wildman–Crippen LogP) is 2.08. The fraction of sp³-hybridized carbons (Fsp3) is 0.182. The van der Waals surface area contributed by atoms with Crippen molar-refractivity contribution >= 4 is 11.4 Å². The van der Waals surface area contributed by atoms with Gasteiger partial charge in [-0.1, -0.05) is 0 Å². The zero-order valence-corrected chi connectivity index (χ0v) is 9.63. The van der Waals surface area contributed by atoms with E-state index in [9.17, 15) is 14.5 Å². The lowest BCUT2D eigenvalue weighted by Crippen LogP contribution is -2.05. The molecule has 1 heterocycles. The minimum Gasteiger partial charge on any atom is -0.377 e. The summed E-state index contributed by atoms with van der Waals surface area (Å²) in [7, 11) is 1.81. The van der Waals surface area contributed by atoms with Gasteiger partial charge in [-0.25, -0.2) is 9.37 Å². The van der Waals surface area contributed by atoms with E-state index in [1.807, 2.05) is 7.05 Å². The van der Waals surface area contributed by atoms with Crippen LogP contribution in [0.3, 0.4) is 0 Å². The first-order valence-corrected chi connectivity index (χ1v) is 5.21. The van der Waals surface area contributed by atoms with Gasteiger partial charge in [0, 0.05) is 25.4 Å². The van der Waals surface area contributed by atoms with Crippen LogP contribution in [0.2, 0.25) is 0 Å². The third-order valence-corrected chi connectivity index (χ3v) is 2.54. The van der Waals surface area contributed by atoms with E-state index in [0.717, 1.165) is 17.8 Å². The number of benzene rings is 1. The van der Waals surface area contributed by atoms with Crippen LogP contribution < -0.4 is 5.32 Å². The highest BCUT2D eigenvalue weighted by Gasteiger charge is 2.10. The van der Waals surface area contributed by atoms with E-state index in [-0.39, 0.29) is 11.4 Å². The van der Waals surface area contributed by atoms with Gasteiger partial charge in [0.25, 0.3) is 5.69 Å². The Balaban J connectivity index is 2.16. The molecule has 0 saturated carbocycles. The van der Waals surface area contributed by atoms with Crippen LogP contribution in [0.5, 0.6) is 0 Å². The van der Waals surface area contributed by atoms with E-state index in [2.05, 4.69) is 10.3 Å². The zero-order chi connectivity index (χ0) is 13.1. The molecule has 1 aromatic heterocycles. The highest BCUT2D eigenvalue weighted by molar-refractivity contribution is 5.52. The molecule has 2 aromatic rings. The number of hydrogen-bond donors (Lipinski definition) is 1. The van der Waals surface area contributed by atoms with Crippen LogP contribution >= 0.6 is 0 Å². The molecule has 94 valence electrons. The van der Waals surface area contributed by atoms with Crippen LogP contribution in [0, 0.1) is 15.9 Å². The molecule has 0 unspecified atom stereocenters. The lowest BCUT2D eigenvalue weighted by molar-refractivity contribution is -0.384. The monoisotopic (exact) mass is 250 g/mol. The van der Waals surface area contributed by atoms with Crippen molar-refractivity contribution in [2.75, 3.05) is 5.32 Å². The molecule has 0 amide bonds. The van der Waals surface area contributed by atoms with Crippen molar-refractivity contribution in [2.45, 2.75) is 6.54 Å². The molecule has 2 rings (SSSR count). The Kier molecular flexibility index (Phi) is 3.22. The molecule has 18 heavy (non-hydrogen) atoms. The van der Waals surface area contributed by atoms with Gasteiger partial charge < -0.3 is 9.88 Å². The number of imidazole rings is 1. The molecule has 6 nitrogen and oxygen atoms in total. The number of non-ortho nitro benzene ring substituents is 1. The van der Waals surface area contributed by atoms with Gasteiger partial charge in [0.05, 0.1) is 29.2 Å². The van der Waals surface area contributed by atoms with Crippen molar-refractivity contribution < 1.29 is 9.31 Å². The highest BCUT2D eigenvalue weighted by Crippen LogP contribution is 2.21. The third kappa shape index (κ3) is 2.45. The lowest BCUT2D eigenvalue weighted by Gasteiger charge is -2.07. The van der Waals surface area contributed by atoms with Crippen molar-refractivity contribution in [3.8, 4) is 0 Å². The van der Waals surface area contributed by atoms with E-state index in [4.69, 9.17) is 0 Å². The fourth-order valence-corrected chi connectivity index (χ4v) is 1.50. The quantitative estimate of drug-likeness (QED) is 0.666. The number of hydrogen-bond acceptors (Lipinski definition) is 4. The minimum absolute atomic E-state index is 0.102. The summed E-state index contributed by atoms with van der Waals surface area (Å²) < 4.78 is 15.2. The second-order valence-electron chi connectivity index (χ2n) is 3.77. The van der Waals surface area contributed by atoms with Crippen LogP contribution in [0.25, 0.3) is 0 Å². The van der Waals surface area contributed by atoms with Crippen molar-refractivity contribution in [1.29, 1.82) is 0 Å². The van der Waals surface area contributed by atoms with Crippen molar-refractivity contribution in [3.05, 3.63) is 52.3 Å². The molecule has 0 aliphatic rings. The molecular weight excluding hydrogens is 239 g/mol. The van der Waals surface area contributed by atoms with Crippen molar-refractivity contribution in [1.82, 2.24) is 9.55 Å². The van der Waals surface area contributed by atoms with Gasteiger partial charge in [-0.2, -0.15) is 0 Å². The Bertz CT molecular complexity index is 582. The average molecular weight is 250 g/mol. The van der Waals surface area contributed by atoms with E-state index >= 15 is 0 Å². The molecule has 0 aliphatic carbocycles. The maximum Gasteiger partial charge on any atom is 0.271 e. The second-order valence-corrected chi connectivity index (χ2v) is 3.77. The van der Waals surface area contributed by atoms with Gasteiger partial charge in [0.1, 0.15) is 5.82 Å². The number of anilines is 1. The van der Waals surface area contributed by atoms with Gasteiger partial charge in [0.2, 0.25) is 0 Å². The summed E-state index contributed by atoms with van der Waals surface area (Å²) in [6.07, 6.45) is 3.27. The Labute approximate surface area is 102 Å². The Morgan fingerprint density at radius 2 is 2.33 bits per heavy atom.